The van der Waals surface area contributed by atoms with Gasteiger partial charge in [0.1, 0.15) is 6.67 Å². The first kappa shape index (κ1) is 12.5. The second kappa shape index (κ2) is 4.89. The molecular formula is C16H12FNO2. The summed E-state index contributed by atoms with van der Waals surface area (Å²) in [6, 6.07) is 14.5. The lowest BCUT2D eigenvalue weighted by Gasteiger charge is -2.23. The number of alkyl halides is 1. The fourth-order valence-corrected chi connectivity index (χ4v) is 2.47. The number of carbonyl (C=O) groups is 2. The van der Waals surface area contributed by atoms with Gasteiger partial charge in [0.2, 0.25) is 0 Å². The van der Waals surface area contributed by atoms with E-state index >= 15 is 0 Å². The molecule has 0 spiro atoms. The van der Waals surface area contributed by atoms with Crippen LogP contribution in [0.1, 0.15) is 32.3 Å². The topological polar surface area (TPSA) is 37.4 Å². The van der Waals surface area contributed by atoms with Gasteiger partial charge < -0.3 is 0 Å². The van der Waals surface area contributed by atoms with Crippen LogP contribution in [0.3, 0.4) is 0 Å². The van der Waals surface area contributed by atoms with E-state index in [0.29, 0.717) is 16.7 Å². The Bertz CT molecular complexity index is 634. The first-order valence-corrected chi connectivity index (χ1v) is 6.32. The molecule has 2 aromatic rings. The highest BCUT2D eigenvalue weighted by Crippen LogP contribution is 2.31. The van der Waals surface area contributed by atoms with Crippen LogP contribution in [0.25, 0.3) is 0 Å². The maximum absolute atomic E-state index is 13.4. The summed E-state index contributed by atoms with van der Waals surface area (Å²) in [5, 5.41) is 0. The highest BCUT2D eigenvalue weighted by atomic mass is 19.1. The Morgan fingerprint density at radius 2 is 1.35 bits per heavy atom. The van der Waals surface area contributed by atoms with Gasteiger partial charge in [0.15, 0.2) is 0 Å². The van der Waals surface area contributed by atoms with Crippen molar-refractivity contribution in [2.24, 2.45) is 0 Å². The van der Waals surface area contributed by atoms with Crippen molar-refractivity contribution < 1.29 is 14.0 Å². The third-order valence-corrected chi connectivity index (χ3v) is 3.47. The molecule has 0 saturated carbocycles. The number of halogens is 1. The van der Waals surface area contributed by atoms with E-state index in [1.165, 1.54) is 0 Å². The molecule has 3 nitrogen and oxygen atoms in total. The second-order valence-electron chi connectivity index (χ2n) is 4.61. The second-order valence-corrected chi connectivity index (χ2v) is 4.61. The first-order chi connectivity index (χ1) is 9.74. The van der Waals surface area contributed by atoms with Gasteiger partial charge in [-0.2, -0.15) is 0 Å². The molecule has 0 radical (unpaired) electrons. The molecule has 0 aliphatic carbocycles. The first-order valence-electron chi connectivity index (χ1n) is 6.32. The standard InChI is InChI=1S/C16H12FNO2/c17-10-14(11-6-2-1-3-7-11)18-15(19)12-8-4-5-9-13(12)16(18)20/h1-9,14H,10H2. The molecule has 2 amide bonds. The minimum absolute atomic E-state index is 0.340. The van der Waals surface area contributed by atoms with Crippen LogP contribution in [0.2, 0.25) is 0 Å². The molecule has 100 valence electrons. The minimum Gasteiger partial charge on any atom is -0.269 e. The molecule has 3 rings (SSSR count). The number of fused-ring (bicyclic) bond motifs is 1. The van der Waals surface area contributed by atoms with Gasteiger partial charge in [-0.25, -0.2) is 4.39 Å². The summed E-state index contributed by atoms with van der Waals surface area (Å²) in [5.41, 5.74) is 1.29. The molecular weight excluding hydrogens is 257 g/mol. The van der Waals surface area contributed by atoms with Crippen LogP contribution in [-0.2, 0) is 0 Å². The Morgan fingerprint density at radius 1 is 0.850 bits per heavy atom. The summed E-state index contributed by atoms with van der Waals surface area (Å²) in [6.07, 6.45) is 0. The number of amides is 2. The van der Waals surface area contributed by atoms with E-state index in [1.54, 1.807) is 54.6 Å². The summed E-state index contributed by atoms with van der Waals surface area (Å²) in [7, 11) is 0. The quantitative estimate of drug-likeness (QED) is 0.803. The molecule has 0 aromatic heterocycles. The molecule has 1 aliphatic heterocycles. The zero-order chi connectivity index (χ0) is 14.1. The largest absolute Gasteiger partial charge is 0.269 e. The van der Waals surface area contributed by atoms with Gasteiger partial charge in [0, 0.05) is 0 Å². The van der Waals surface area contributed by atoms with E-state index in [9.17, 15) is 14.0 Å². The van der Waals surface area contributed by atoms with Crippen molar-refractivity contribution in [3.05, 3.63) is 71.3 Å². The average molecular weight is 269 g/mol. The molecule has 0 N–H and O–H groups in total. The fourth-order valence-electron chi connectivity index (χ4n) is 2.47. The van der Waals surface area contributed by atoms with Crippen LogP contribution >= 0.6 is 0 Å². The summed E-state index contributed by atoms with van der Waals surface area (Å²) >= 11 is 0. The summed E-state index contributed by atoms with van der Waals surface area (Å²) in [5.74, 6) is -0.866. The van der Waals surface area contributed by atoms with Crippen molar-refractivity contribution in [2.75, 3.05) is 6.67 Å². The third-order valence-electron chi connectivity index (χ3n) is 3.47. The highest BCUT2D eigenvalue weighted by molar-refractivity contribution is 6.21. The van der Waals surface area contributed by atoms with Crippen molar-refractivity contribution in [1.82, 2.24) is 4.90 Å². The maximum atomic E-state index is 13.4. The van der Waals surface area contributed by atoms with Gasteiger partial charge in [-0.3, -0.25) is 14.5 Å². The van der Waals surface area contributed by atoms with Gasteiger partial charge in [-0.05, 0) is 17.7 Å². The maximum Gasteiger partial charge on any atom is 0.262 e. The van der Waals surface area contributed by atoms with Crippen LogP contribution in [0.15, 0.2) is 54.6 Å². The van der Waals surface area contributed by atoms with Gasteiger partial charge in [0.05, 0.1) is 17.2 Å². The predicted octanol–water partition coefficient (Wildman–Crippen LogP) is 2.99. The molecule has 4 heteroatoms. The molecule has 1 aliphatic rings. The Morgan fingerprint density at radius 3 is 1.85 bits per heavy atom. The molecule has 1 unspecified atom stereocenters. The smallest absolute Gasteiger partial charge is 0.262 e. The summed E-state index contributed by atoms with van der Waals surface area (Å²) < 4.78 is 13.4. The van der Waals surface area contributed by atoms with Crippen LogP contribution in [-0.4, -0.2) is 23.4 Å². The number of benzene rings is 2. The number of nitrogens with zero attached hydrogens (tertiary/aromatic N) is 1. The van der Waals surface area contributed by atoms with E-state index in [2.05, 4.69) is 0 Å². The molecule has 0 bridgehead atoms. The molecule has 20 heavy (non-hydrogen) atoms. The van der Waals surface area contributed by atoms with E-state index in [1.807, 2.05) is 0 Å². The van der Waals surface area contributed by atoms with Gasteiger partial charge in [0.25, 0.3) is 11.8 Å². The van der Waals surface area contributed by atoms with Gasteiger partial charge >= 0.3 is 0 Å². The van der Waals surface area contributed by atoms with E-state index < -0.39 is 24.5 Å². The molecule has 1 heterocycles. The summed E-state index contributed by atoms with van der Waals surface area (Å²) in [4.78, 5) is 25.7. The van der Waals surface area contributed by atoms with E-state index in [4.69, 9.17) is 0 Å². The molecule has 1 atom stereocenters. The molecule has 0 saturated heterocycles. The number of rotatable bonds is 3. The third kappa shape index (κ3) is 1.81. The van der Waals surface area contributed by atoms with Crippen molar-refractivity contribution in [3.63, 3.8) is 0 Å². The number of hydrogen-bond acceptors (Lipinski definition) is 2. The Balaban J connectivity index is 2.03. The van der Waals surface area contributed by atoms with E-state index in [0.717, 1.165) is 4.90 Å². The van der Waals surface area contributed by atoms with Crippen molar-refractivity contribution in [2.45, 2.75) is 6.04 Å². The number of hydrogen-bond donors (Lipinski definition) is 0. The van der Waals surface area contributed by atoms with Gasteiger partial charge in [-0.15, -0.1) is 0 Å². The lowest BCUT2D eigenvalue weighted by Crippen LogP contribution is -2.35. The Kier molecular flexibility index (Phi) is 3.06. The average Bonchev–Trinajstić information content (AvgIpc) is 2.75. The van der Waals surface area contributed by atoms with Crippen LogP contribution in [0.5, 0.6) is 0 Å². The van der Waals surface area contributed by atoms with Crippen LogP contribution < -0.4 is 0 Å². The molecule has 2 aromatic carbocycles. The number of imide groups is 1. The highest BCUT2D eigenvalue weighted by Gasteiger charge is 2.40. The lowest BCUT2D eigenvalue weighted by molar-refractivity contribution is 0.0557. The van der Waals surface area contributed by atoms with E-state index in [-0.39, 0.29) is 0 Å². The van der Waals surface area contributed by atoms with Crippen molar-refractivity contribution >= 4 is 11.8 Å². The normalized spacial score (nSPS) is 15.3. The van der Waals surface area contributed by atoms with Crippen LogP contribution in [0, 0.1) is 0 Å². The summed E-state index contributed by atoms with van der Waals surface area (Å²) in [6.45, 7) is -0.796. The lowest BCUT2D eigenvalue weighted by atomic mass is 10.1. The van der Waals surface area contributed by atoms with Crippen LogP contribution in [0.4, 0.5) is 4.39 Å². The Labute approximate surface area is 115 Å². The fraction of sp³-hybridized carbons (Fsp3) is 0.125. The monoisotopic (exact) mass is 269 g/mol. The SMILES string of the molecule is O=C1c2ccccc2C(=O)N1C(CF)c1ccccc1. The zero-order valence-electron chi connectivity index (χ0n) is 10.6. The van der Waals surface area contributed by atoms with Crippen molar-refractivity contribution in [1.29, 1.82) is 0 Å². The zero-order valence-corrected chi connectivity index (χ0v) is 10.6. The minimum atomic E-state index is -0.872. The van der Waals surface area contributed by atoms with Gasteiger partial charge in [-0.1, -0.05) is 42.5 Å². The number of carbonyl (C=O) groups excluding carboxylic acids is 2. The predicted molar refractivity (Wildman–Crippen MR) is 72.1 cm³/mol. The van der Waals surface area contributed by atoms with Crippen molar-refractivity contribution in [3.8, 4) is 0 Å². The molecule has 0 fully saturated rings. The Hall–Kier alpha value is -2.49.